The molecule has 21 heavy (non-hydrogen) atoms. The molecular formula is C12H11F2N3O4. The number of nitrogens with zero attached hydrogens (tertiary/aromatic N) is 3. The number of benzene rings is 1. The standard InChI is InChI=1S/C12H11F2N3O4/c13-7-4-5-8(17(19)20)11(14)10(7)12-15-9(21-16-12)3-1-2-6-18/h4-5,18H,1-3,6H2. The van der Waals surface area contributed by atoms with E-state index in [0.29, 0.717) is 19.3 Å². The molecule has 1 heterocycles. The van der Waals surface area contributed by atoms with E-state index in [1.807, 2.05) is 0 Å². The first-order valence-corrected chi connectivity index (χ1v) is 6.10. The minimum atomic E-state index is -1.34. The fraction of sp³-hybridized carbons (Fsp3) is 0.333. The Balaban J connectivity index is 2.33. The molecule has 0 atom stereocenters. The van der Waals surface area contributed by atoms with Gasteiger partial charge in [0.1, 0.15) is 11.4 Å². The number of aromatic nitrogens is 2. The molecule has 7 nitrogen and oxygen atoms in total. The Morgan fingerprint density at radius 2 is 2.10 bits per heavy atom. The van der Waals surface area contributed by atoms with Crippen molar-refractivity contribution in [2.24, 2.45) is 0 Å². The second-order valence-electron chi connectivity index (χ2n) is 4.21. The van der Waals surface area contributed by atoms with E-state index in [9.17, 15) is 18.9 Å². The number of nitro groups is 1. The number of aryl methyl sites for hydroxylation is 1. The summed E-state index contributed by atoms with van der Waals surface area (Å²) in [5, 5.41) is 22.7. The number of halogens is 2. The van der Waals surface area contributed by atoms with Crippen molar-refractivity contribution in [3.8, 4) is 11.4 Å². The number of aliphatic hydroxyl groups is 1. The predicted octanol–water partition coefficient (Wildman–Crippen LogP) is 2.24. The summed E-state index contributed by atoms with van der Waals surface area (Å²) in [5.41, 5.74) is -1.56. The topological polar surface area (TPSA) is 102 Å². The molecule has 0 saturated heterocycles. The maximum absolute atomic E-state index is 13.9. The molecule has 1 aromatic heterocycles. The first kappa shape index (κ1) is 15.0. The first-order chi connectivity index (χ1) is 10.0. The van der Waals surface area contributed by atoms with Gasteiger partial charge in [-0.1, -0.05) is 5.16 Å². The van der Waals surface area contributed by atoms with E-state index >= 15 is 0 Å². The summed E-state index contributed by atoms with van der Waals surface area (Å²) in [7, 11) is 0. The third-order valence-corrected chi connectivity index (χ3v) is 2.76. The van der Waals surface area contributed by atoms with Crippen molar-refractivity contribution in [1.29, 1.82) is 0 Å². The highest BCUT2D eigenvalue weighted by Crippen LogP contribution is 2.30. The molecule has 0 aliphatic heterocycles. The highest BCUT2D eigenvalue weighted by atomic mass is 19.1. The van der Waals surface area contributed by atoms with E-state index in [-0.39, 0.29) is 18.3 Å². The molecular weight excluding hydrogens is 288 g/mol. The molecule has 1 aromatic carbocycles. The molecule has 0 unspecified atom stereocenters. The van der Waals surface area contributed by atoms with Crippen LogP contribution in [0.3, 0.4) is 0 Å². The SMILES string of the molecule is O=[N+]([O-])c1ccc(F)c(-c2noc(CCCCO)n2)c1F. The Bertz CT molecular complexity index is 660. The summed E-state index contributed by atoms with van der Waals surface area (Å²) in [6.45, 7) is 0.00906. The van der Waals surface area contributed by atoms with E-state index in [4.69, 9.17) is 9.63 Å². The van der Waals surface area contributed by atoms with E-state index in [2.05, 4.69) is 10.1 Å². The monoisotopic (exact) mass is 299 g/mol. The highest BCUT2D eigenvalue weighted by molar-refractivity contribution is 5.61. The van der Waals surface area contributed by atoms with E-state index < -0.39 is 27.8 Å². The second-order valence-corrected chi connectivity index (χ2v) is 4.21. The van der Waals surface area contributed by atoms with Gasteiger partial charge in [-0.05, 0) is 18.9 Å². The molecule has 0 fully saturated rings. The van der Waals surface area contributed by atoms with Crippen molar-refractivity contribution < 1.29 is 23.3 Å². The number of rotatable bonds is 6. The summed E-state index contributed by atoms with van der Waals surface area (Å²) in [4.78, 5) is 13.5. The van der Waals surface area contributed by atoms with Gasteiger partial charge in [-0.25, -0.2) is 4.39 Å². The van der Waals surface area contributed by atoms with Crippen LogP contribution in [0.2, 0.25) is 0 Å². The van der Waals surface area contributed by atoms with Crippen molar-refractivity contribution >= 4 is 5.69 Å². The smallest absolute Gasteiger partial charge is 0.305 e. The molecule has 0 saturated carbocycles. The van der Waals surface area contributed by atoms with Gasteiger partial charge in [0.15, 0.2) is 0 Å². The van der Waals surface area contributed by atoms with E-state index in [0.717, 1.165) is 12.1 Å². The third-order valence-electron chi connectivity index (χ3n) is 2.76. The van der Waals surface area contributed by atoms with Crippen LogP contribution >= 0.6 is 0 Å². The van der Waals surface area contributed by atoms with Gasteiger partial charge < -0.3 is 9.63 Å². The van der Waals surface area contributed by atoms with Gasteiger partial charge in [-0.2, -0.15) is 9.37 Å². The summed E-state index contributed by atoms with van der Waals surface area (Å²) >= 11 is 0. The van der Waals surface area contributed by atoms with Crippen molar-refractivity contribution in [3.63, 3.8) is 0 Å². The lowest BCUT2D eigenvalue weighted by Crippen LogP contribution is -1.99. The van der Waals surface area contributed by atoms with Crippen molar-refractivity contribution in [2.45, 2.75) is 19.3 Å². The zero-order chi connectivity index (χ0) is 15.4. The van der Waals surface area contributed by atoms with E-state index in [1.165, 1.54) is 0 Å². The molecule has 112 valence electrons. The lowest BCUT2D eigenvalue weighted by Gasteiger charge is -2.00. The van der Waals surface area contributed by atoms with Crippen LogP contribution in [0.15, 0.2) is 16.7 Å². The fourth-order valence-electron chi connectivity index (χ4n) is 1.73. The minimum Gasteiger partial charge on any atom is -0.396 e. The Hall–Kier alpha value is -2.42. The van der Waals surface area contributed by atoms with E-state index in [1.54, 1.807) is 0 Å². The average Bonchev–Trinajstić information content (AvgIpc) is 2.87. The molecule has 0 amide bonds. The zero-order valence-electron chi connectivity index (χ0n) is 10.8. The van der Waals surface area contributed by atoms with Crippen molar-refractivity contribution in [2.75, 3.05) is 6.61 Å². The van der Waals surface area contributed by atoms with Crippen LogP contribution in [-0.2, 0) is 6.42 Å². The van der Waals surface area contributed by atoms with Crippen LogP contribution < -0.4 is 0 Å². The molecule has 0 bridgehead atoms. The number of aliphatic hydroxyl groups excluding tert-OH is 1. The third kappa shape index (κ3) is 3.19. The molecule has 0 spiro atoms. The molecule has 2 aromatic rings. The number of unbranched alkanes of at least 4 members (excludes halogenated alkanes) is 1. The van der Waals surface area contributed by atoms with Crippen LogP contribution in [0.4, 0.5) is 14.5 Å². The van der Waals surface area contributed by atoms with Gasteiger partial charge in [0.2, 0.25) is 17.5 Å². The first-order valence-electron chi connectivity index (χ1n) is 6.10. The van der Waals surface area contributed by atoms with Crippen LogP contribution in [-0.4, -0.2) is 26.8 Å². The quantitative estimate of drug-likeness (QED) is 0.498. The van der Waals surface area contributed by atoms with Gasteiger partial charge in [0.25, 0.3) is 0 Å². The van der Waals surface area contributed by atoms with Gasteiger partial charge in [-0.15, -0.1) is 0 Å². The van der Waals surface area contributed by atoms with Gasteiger partial charge in [0.05, 0.1) is 4.92 Å². The lowest BCUT2D eigenvalue weighted by atomic mass is 10.1. The maximum Gasteiger partial charge on any atom is 0.305 e. The molecule has 0 aliphatic rings. The normalized spacial score (nSPS) is 10.8. The molecule has 0 aliphatic carbocycles. The number of nitro benzene ring substituents is 1. The van der Waals surface area contributed by atoms with Gasteiger partial charge >= 0.3 is 5.69 Å². The van der Waals surface area contributed by atoms with Crippen molar-refractivity contribution in [1.82, 2.24) is 10.1 Å². The highest BCUT2D eigenvalue weighted by Gasteiger charge is 2.25. The van der Waals surface area contributed by atoms with Crippen LogP contribution in [0.1, 0.15) is 18.7 Å². The van der Waals surface area contributed by atoms with Crippen LogP contribution in [0.25, 0.3) is 11.4 Å². The largest absolute Gasteiger partial charge is 0.396 e. The van der Waals surface area contributed by atoms with Crippen LogP contribution in [0.5, 0.6) is 0 Å². The molecule has 9 heteroatoms. The number of hydrogen-bond donors (Lipinski definition) is 1. The van der Waals surface area contributed by atoms with Gasteiger partial charge in [0, 0.05) is 19.1 Å². The van der Waals surface area contributed by atoms with Crippen LogP contribution in [0, 0.1) is 21.7 Å². The Kier molecular flexibility index (Phi) is 4.53. The summed E-state index contributed by atoms with van der Waals surface area (Å²) < 4.78 is 32.5. The minimum absolute atomic E-state index is 0.00906. The molecule has 1 N–H and O–H groups in total. The average molecular weight is 299 g/mol. The summed E-state index contributed by atoms with van der Waals surface area (Å²) in [5.74, 6) is -2.60. The zero-order valence-corrected chi connectivity index (χ0v) is 10.8. The summed E-state index contributed by atoms with van der Waals surface area (Å²) in [6, 6.07) is 1.51. The Morgan fingerprint density at radius 3 is 2.76 bits per heavy atom. The Labute approximate surface area is 117 Å². The van der Waals surface area contributed by atoms with Crippen molar-refractivity contribution in [3.05, 3.63) is 39.8 Å². The predicted molar refractivity (Wildman–Crippen MR) is 66.3 cm³/mol. The molecule has 0 radical (unpaired) electrons. The lowest BCUT2D eigenvalue weighted by molar-refractivity contribution is -0.387. The molecule has 2 rings (SSSR count). The maximum atomic E-state index is 13.9. The fourth-order valence-corrected chi connectivity index (χ4v) is 1.73. The Morgan fingerprint density at radius 1 is 1.33 bits per heavy atom. The second kappa shape index (κ2) is 6.35. The number of hydrogen-bond acceptors (Lipinski definition) is 6. The van der Waals surface area contributed by atoms with Gasteiger partial charge in [-0.3, -0.25) is 10.1 Å². The summed E-state index contributed by atoms with van der Waals surface area (Å²) in [6.07, 6.45) is 1.43.